The van der Waals surface area contributed by atoms with E-state index in [1.165, 1.54) is 5.56 Å². The second-order valence-corrected chi connectivity index (χ2v) is 8.64. The summed E-state index contributed by atoms with van der Waals surface area (Å²) in [6, 6.07) is 18.4. The number of hydrogen-bond donors (Lipinski definition) is 1. The molecule has 0 spiro atoms. The number of amides is 2. The molecule has 0 radical (unpaired) electrons. The van der Waals surface area contributed by atoms with Crippen LogP contribution in [0.2, 0.25) is 0 Å². The van der Waals surface area contributed by atoms with Crippen LogP contribution in [-0.2, 0) is 22.6 Å². The van der Waals surface area contributed by atoms with Gasteiger partial charge in [0.1, 0.15) is 0 Å². The topological polar surface area (TPSA) is 49.4 Å². The largest absolute Gasteiger partial charge is 0.355 e. The van der Waals surface area contributed by atoms with E-state index in [-0.39, 0.29) is 23.7 Å². The molecule has 29 heavy (non-hydrogen) atoms. The van der Waals surface area contributed by atoms with E-state index in [9.17, 15) is 9.59 Å². The molecule has 4 heteroatoms. The Bertz CT molecular complexity index is 814. The summed E-state index contributed by atoms with van der Waals surface area (Å²) in [5, 5.41) is 3.06. The van der Waals surface area contributed by atoms with Gasteiger partial charge in [-0.05, 0) is 36.0 Å². The Morgan fingerprint density at radius 3 is 2.38 bits per heavy atom. The van der Waals surface area contributed by atoms with Crippen LogP contribution in [0.15, 0.2) is 54.6 Å². The molecule has 2 aromatic carbocycles. The molecular formula is C25H32N2O2. The van der Waals surface area contributed by atoms with Gasteiger partial charge in [-0.1, -0.05) is 68.4 Å². The summed E-state index contributed by atoms with van der Waals surface area (Å²) >= 11 is 0. The molecular weight excluding hydrogens is 360 g/mol. The van der Waals surface area contributed by atoms with Crippen LogP contribution < -0.4 is 5.32 Å². The Kier molecular flexibility index (Phi) is 7.08. The SMILES string of the molecule is CC(C)Cc1ccc([C@H](C)C(=O)NCC2CC(=O)N(Cc3ccccc3)C2)cc1. The first-order valence-corrected chi connectivity index (χ1v) is 10.6. The summed E-state index contributed by atoms with van der Waals surface area (Å²) in [4.78, 5) is 26.8. The monoisotopic (exact) mass is 392 g/mol. The lowest BCUT2D eigenvalue weighted by Crippen LogP contribution is -2.33. The molecule has 2 atom stereocenters. The van der Waals surface area contributed by atoms with Gasteiger partial charge in [0.2, 0.25) is 11.8 Å². The van der Waals surface area contributed by atoms with Crippen molar-refractivity contribution in [3.05, 3.63) is 71.3 Å². The van der Waals surface area contributed by atoms with Gasteiger partial charge in [0.15, 0.2) is 0 Å². The Balaban J connectivity index is 1.48. The zero-order chi connectivity index (χ0) is 20.8. The summed E-state index contributed by atoms with van der Waals surface area (Å²) < 4.78 is 0. The Morgan fingerprint density at radius 2 is 1.72 bits per heavy atom. The van der Waals surface area contributed by atoms with Crippen molar-refractivity contribution in [3.63, 3.8) is 0 Å². The van der Waals surface area contributed by atoms with E-state index < -0.39 is 0 Å². The van der Waals surface area contributed by atoms with Crippen LogP contribution in [0, 0.1) is 11.8 Å². The summed E-state index contributed by atoms with van der Waals surface area (Å²) in [5.41, 5.74) is 3.47. The van der Waals surface area contributed by atoms with Crippen molar-refractivity contribution in [2.45, 2.75) is 46.1 Å². The van der Waals surface area contributed by atoms with Crippen molar-refractivity contribution in [2.75, 3.05) is 13.1 Å². The molecule has 0 bridgehead atoms. The van der Waals surface area contributed by atoms with Crippen molar-refractivity contribution in [2.24, 2.45) is 11.8 Å². The Labute approximate surface area is 174 Å². The molecule has 1 aliphatic heterocycles. The van der Waals surface area contributed by atoms with Crippen LogP contribution >= 0.6 is 0 Å². The first-order valence-electron chi connectivity index (χ1n) is 10.6. The van der Waals surface area contributed by atoms with E-state index in [0.717, 1.165) is 17.5 Å². The molecule has 1 N–H and O–H groups in total. The minimum absolute atomic E-state index is 0.0237. The van der Waals surface area contributed by atoms with Crippen LogP contribution in [0.3, 0.4) is 0 Å². The van der Waals surface area contributed by atoms with Gasteiger partial charge in [0.25, 0.3) is 0 Å². The van der Waals surface area contributed by atoms with Crippen LogP contribution in [0.5, 0.6) is 0 Å². The van der Waals surface area contributed by atoms with E-state index in [0.29, 0.717) is 32.0 Å². The predicted octanol–water partition coefficient (Wildman–Crippen LogP) is 4.15. The van der Waals surface area contributed by atoms with E-state index >= 15 is 0 Å². The standard InChI is InChI=1S/C25H32N2O2/c1-18(2)13-20-9-11-23(12-10-20)19(3)25(29)26-15-22-14-24(28)27(17-22)16-21-7-5-4-6-8-21/h4-12,18-19,22H,13-17H2,1-3H3,(H,26,29)/t19-,22?/m0/s1. The fraction of sp³-hybridized carbons (Fsp3) is 0.440. The molecule has 2 aromatic rings. The van der Waals surface area contributed by atoms with Crippen LogP contribution in [0.4, 0.5) is 0 Å². The van der Waals surface area contributed by atoms with Gasteiger partial charge < -0.3 is 10.2 Å². The molecule has 0 saturated carbocycles. The predicted molar refractivity (Wildman–Crippen MR) is 116 cm³/mol. The smallest absolute Gasteiger partial charge is 0.227 e. The number of benzene rings is 2. The summed E-state index contributed by atoms with van der Waals surface area (Å²) in [7, 11) is 0. The summed E-state index contributed by atoms with van der Waals surface area (Å²) in [6.45, 7) is 8.24. The lowest BCUT2D eigenvalue weighted by molar-refractivity contribution is -0.128. The highest BCUT2D eigenvalue weighted by atomic mass is 16.2. The molecule has 1 fully saturated rings. The van der Waals surface area contributed by atoms with Crippen molar-refractivity contribution in [3.8, 4) is 0 Å². The average Bonchev–Trinajstić information content (AvgIpc) is 3.06. The van der Waals surface area contributed by atoms with Crippen molar-refractivity contribution >= 4 is 11.8 Å². The molecule has 0 aromatic heterocycles. The van der Waals surface area contributed by atoms with Gasteiger partial charge in [-0.2, -0.15) is 0 Å². The fourth-order valence-corrected chi connectivity index (χ4v) is 3.91. The number of hydrogen-bond acceptors (Lipinski definition) is 2. The first-order chi connectivity index (χ1) is 13.9. The molecule has 3 rings (SSSR count). The van der Waals surface area contributed by atoms with Crippen LogP contribution in [0.1, 0.15) is 49.8 Å². The Hall–Kier alpha value is -2.62. The highest BCUT2D eigenvalue weighted by Gasteiger charge is 2.30. The summed E-state index contributed by atoms with van der Waals surface area (Å²) in [6.07, 6.45) is 1.56. The zero-order valence-corrected chi connectivity index (χ0v) is 17.7. The maximum absolute atomic E-state index is 12.6. The quantitative estimate of drug-likeness (QED) is 0.734. The third-order valence-electron chi connectivity index (χ3n) is 5.59. The van der Waals surface area contributed by atoms with E-state index in [4.69, 9.17) is 0 Å². The van der Waals surface area contributed by atoms with Gasteiger partial charge in [-0.15, -0.1) is 0 Å². The molecule has 154 valence electrons. The van der Waals surface area contributed by atoms with E-state index in [2.05, 4.69) is 43.4 Å². The third-order valence-corrected chi connectivity index (χ3v) is 5.59. The maximum atomic E-state index is 12.6. The zero-order valence-electron chi connectivity index (χ0n) is 17.7. The van der Waals surface area contributed by atoms with Gasteiger partial charge in [-0.3, -0.25) is 9.59 Å². The lowest BCUT2D eigenvalue weighted by Gasteiger charge is -2.18. The number of rotatable bonds is 8. The van der Waals surface area contributed by atoms with Gasteiger partial charge in [0, 0.05) is 32.0 Å². The number of carbonyl (C=O) groups excluding carboxylic acids is 2. The number of nitrogens with one attached hydrogen (secondary N) is 1. The van der Waals surface area contributed by atoms with E-state index in [1.807, 2.05) is 42.2 Å². The maximum Gasteiger partial charge on any atom is 0.227 e. The van der Waals surface area contributed by atoms with Crippen LogP contribution in [0.25, 0.3) is 0 Å². The van der Waals surface area contributed by atoms with Crippen molar-refractivity contribution < 1.29 is 9.59 Å². The van der Waals surface area contributed by atoms with E-state index in [1.54, 1.807) is 0 Å². The van der Waals surface area contributed by atoms with Gasteiger partial charge in [0.05, 0.1) is 5.92 Å². The molecule has 1 heterocycles. The molecule has 4 nitrogen and oxygen atoms in total. The molecule has 1 saturated heterocycles. The molecule has 1 unspecified atom stereocenters. The highest BCUT2D eigenvalue weighted by molar-refractivity contribution is 5.83. The highest BCUT2D eigenvalue weighted by Crippen LogP contribution is 2.21. The van der Waals surface area contributed by atoms with Crippen molar-refractivity contribution in [1.82, 2.24) is 10.2 Å². The number of likely N-dealkylation sites (tertiary alicyclic amines) is 1. The first kappa shape index (κ1) is 21.1. The van der Waals surface area contributed by atoms with Gasteiger partial charge >= 0.3 is 0 Å². The normalized spacial score (nSPS) is 17.6. The second kappa shape index (κ2) is 9.73. The van der Waals surface area contributed by atoms with Crippen molar-refractivity contribution in [1.29, 1.82) is 0 Å². The fourth-order valence-electron chi connectivity index (χ4n) is 3.91. The molecule has 1 aliphatic rings. The molecule has 2 amide bonds. The second-order valence-electron chi connectivity index (χ2n) is 8.64. The minimum atomic E-state index is -0.194. The van der Waals surface area contributed by atoms with Crippen LogP contribution in [-0.4, -0.2) is 29.8 Å². The lowest BCUT2D eigenvalue weighted by atomic mass is 9.96. The average molecular weight is 393 g/mol. The summed E-state index contributed by atoms with van der Waals surface area (Å²) in [5.74, 6) is 0.797. The number of carbonyl (C=O) groups is 2. The van der Waals surface area contributed by atoms with Gasteiger partial charge in [-0.25, -0.2) is 0 Å². The minimum Gasteiger partial charge on any atom is -0.355 e. The molecule has 0 aliphatic carbocycles. The Morgan fingerprint density at radius 1 is 1.03 bits per heavy atom. The number of nitrogens with zero attached hydrogens (tertiary/aromatic N) is 1. The third kappa shape index (κ3) is 5.93.